The normalized spacial score (nSPS) is 11.7. The highest BCUT2D eigenvalue weighted by atomic mass is 35.5. The van der Waals surface area contributed by atoms with Crippen molar-refractivity contribution >= 4 is 40.4 Å². The van der Waals surface area contributed by atoms with E-state index >= 15 is 4.39 Å². The number of carbonyl (C=O) groups excluding carboxylic acids is 1. The highest BCUT2D eigenvalue weighted by molar-refractivity contribution is 6.33. The summed E-state index contributed by atoms with van der Waals surface area (Å²) in [6.45, 7) is 7.01. The molecule has 0 spiro atoms. The Bertz CT molecular complexity index is 1500. The fourth-order valence-corrected chi connectivity index (χ4v) is 4.03. The van der Waals surface area contributed by atoms with Crippen LogP contribution in [0.5, 0.6) is 11.5 Å². The summed E-state index contributed by atoms with van der Waals surface area (Å²) in [6, 6.07) is 7.00. The number of aromatic nitrogens is 4. The zero-order chi connectivity index (χ0) is 27.1. The predicted octanol–water partition coefficient (Wildman–Crippen LogP) is 5.26. The molecule has 37 heavy (non-hydrogen) atoms. The van der Waals surface area contributed by atoms with E-state index in [4.69, 9.17) is 16.3 Å². The Labute approximate surface area is 217 Å². The lowest BCUT2D eigenvalue weighted by Gasteiger charge is -2.21. The number of hydrogen-bond donors (Lipinski definition) is 4. The van der Waals surface area contributed by atoms with E-state index in [1.165, 1.54) is 37.5 Å². The molecule has 0 fully saturated rings. The van der Waals surface area contributed by atoms with Gasteiger partial charge in [0.1, 0.15) is 28.4 Å². The van der Waals surface area contributed by atoms with E-state index in [0.29, 0.717) is 16.9 Å². The summed E-state index contributed by atoms with van der Waals surface area (Å²) in [4.78, 5) is 24.5. The maximum Gasteiger partial charge on any atom is 0.412 e. The molecule has 0 atom stereocenters. The molecule has 194 valence electrons. The van der Waals surface area contributed by atoms with E-state index in [-0.39, 0.29) is 45.4 Å². The van der Waals surface area contributed by atoms with Gasteiger partial charge in [0.15, 0.2) is 5.82 Å². The molecular formula is C25H26ClFN6O4. The van der Waals surface area contributed by atoms with Crippen LogP contribution in [0.25, 0.3) is 22.3 Å². The fourth-order valence-electron chi connectivity index (χ4n) is 3.83. The Morgan fingerprint density at radius 2 is 1.95 bits per heavy atom. The molecule has 4 aromatic rings. The summed E-state index contributed by atoms with van der Waals surface area (Å²) in [6.07, 6.45) is 0.672. The second-order valence-corrected chi connectivity index (χ2v) is 9.52. The average molecular weight is 529 g/mol. The maximum absolute atomic E-state index is 15.2. The van der Waals surface area contributed by atoms with E-state index in [1.54, 1.807) is 24.5 Å². The minimum absolute atomic E-state index is 0.0573. The number of aromatic hydroxyl groups is 1. The van der Waals surface area contributed by atoms with Crippen LogP contribution in [0.3, 0.4) is 0 Å². The van der Waals surface area contributed by atoms with Crippen LogP contribution in [0.15, 0.2) is 36.5 Å². The first kappa shape index (κ1) is 26.1. The second-order valence-electron chi connectivity index (χ2n) is 9.12. The number of anilines is 2. The number of phenolic OH excluding ortho intramolecular Hbond substituents is 1. The molecule has 2 aromatic heterocycles. The number of phenols is 1. The topological polar surface area (TPSA) is 134 Å². The number of rotatable bonds is 6. The van der Waals surface area contributed by atoms with Gasteiger partial charge in [-0.3, -0.25) is 0 Å². The van der Waals surface area contributed by atoms with Crippen LogP contribution >= 0.6 is 11.6 Å². The van der Waals surface area contributed by atoms with Crippen LogP contribution in [0, 0.1) is 5.82 Å². The summed E-state index contributed by atoms with van der Waals surface area (Å²) >= 11 is 6.40. The third-order valence-electron chi connectivity index (χ3n) is 5.46. The Balaban J connectivity index is 1.78. The van der Waals surface area contributed by atoms with E-state index in [1.807, 2.05) is 13.8 Å². The Morgan fingerprint density at radius 1 is 1.22 bits per heavy atom. The largest absolute Gasteiger partial charge is 0.506 e. The summed E-state index contributed by atoms with van der Waals surface area (Å²) < 4.78 is 22.1. The second kappa shape index (κ2) is 9.83. The molecule has 0 radical (unpaired) electrons. The first-order valence-corrected chi connectivity index (χ1v) is 11.7. The number of nitrogens with one attached hydrogen (secondary N) is 2. The van der Waals surface area contributed by atoms with Crippen LogP contribution in [-0.4, -0.2) is 42.9 Å². The van der Waals surface area contributed by atoms with Gasteiger partial charge < -0.3 is 30.2 Å². The lowest BCUT2D eigenvalue weighted by atomic mass is 10.1. The molecule has 4 N–H and O–H groups in total. The van der Waals surface area contributed by atoms with Crippen molar-refractivity contribution in [2.45, 2.75) is 39.3 Å². The van der Waals surface area contributed by atoms with Crippen LogP contribution in [0.1, 0.15) is 39.6 Å². The summed E-state index contributed by atoms with van der Waals surface area (Å²) in [5.41, 5.74) is 0.0735. The number of imidazole rings is 1. The molecule has 0 aliphatic carbocycles. The van der Waals surface area contributed by atoms with Gasteiger partial charge in [-0.25, -0.2) is 24.1 Å². The number of nitrogens with zero attached hydrogens (tertiary/aromatic N) is 4. The first-order valence-electron chi connectivity index (χ1n) is 11.4. The zero-order valence-corrected chi connectivity index (χ0v) is 21.6. The molecule has 12 heteroatoms. The third kappa shape index (κ3) is 5.27. The SMILES string of the molecule is CNC(=O)Oc1ccc(O)c(Nc2ncc(Cl)c(-c3cc(F)c4nc(C(C)(C)O)n(C(C)C)c4c3)n2)c1. The monoisotopic (exact) mass is 528 g/mol. The van der Waals surface area contributed by atoms with Gasteiger partial charge in [0, 0.05) is 24.7 Å². The Kier molecular flexibility index (Phi) is 6.94. The molecular weight excluding hydrogens is 503 g/mol. The molecule has 10 nitrogen and oxygen atoms in total. The van der Waals surface area contributed by atoms with Gasteiger partial charge in [0.25, 0.3) is 0 Å². The summed E-state index contributed by atoms with van der Waals surface area (Å²) in [5, 5.41) is 26.2. The number of aliphatic hydroxyl groups is 1. The smallest absolute Gasteiger partial charge is 0.412 e. The fraction of sp³-hybridized carbons (Fsp3) is 0.280. The third-order valence-corrected chi connectivity index (χ3v) is 5.74. The van der Waals surface area contributed by atoms with Crippen molar-refractivity contribution in [3.8, 4) is 22.8 Å². The summed E-state index contributed by atoms with van der Waals surface area (Å²) in [5.74, 6) is -0.179. The van der Waals surface area contributed by atoms with Crippen molar-refractivity contribution in [3.63, 3.8) is 0 Å². The van der Waals surface area contributed by atoms with Gasteiger partial charge in [0.2, 0.25) is 5.95 Å². The Morgan fingerprint density at radius 3 is 2.59 bits per heavy atom. The van der Waals surface area contributed by atoms with Gasteiger partial charge in [-0.2, -0.15) is 0 Å². The minimum Gasteiger partial charge on any atom is -0.506 e. The van der Waals surface area contributed by atoms with Gasteiger partial charge in [-0.05, 0) is 52.0 Å². The number of hydrogen-bond acceptors (Lipinski definition) is 8. The van der Waals surface area contributed by atoms with Crippen molar-refractivity contribution in [1.29, 1.82) is 0 Å². The number of ether oxygens (including phenoxy) is 1. The molecule has 0 bridgehead atoms. The van der Waals surface area contributed by atoms with Crippen LogP contribution in [0.4, 0.5) is 20.8 Å². The van der Waals surface area contributed by atoms with Crippen molar-refractivity contribution in [2.24, 2.45) is 0 Å². The number of benzene rings is 2. The standard InChI is InChI=1S/C25H26ClFN6O4/c1-12(2)33-18-9-13(8-16(27)21(18)31-22(33)25(3,4)36)20-15(26)11-29-23(32-20)30-17-10-14(6-7-19(17)34)37-24(35)28-5/h6-12,34,36H,1-5H3,(H,28,35)(H,29,30,32). The minimum atomic E-state index is -1.29. The van der Waals surface area contributed by atoms with Crippen LogP contribution < -0.4 is 15.4 Å². The molecule has 0 unspecified atom stereocenters. The highest BCUT2D eigenvalue weighted by Gasteiger charge is 2.28. The van der Waals surface area contributed by atoms with Crippen LogP contribution in [-0.2, 0) is 5.60 Å². The van der Waals surface area contributed by atoms with Crippen molar-refractivity contribution in [2.75, 3.05) is 12.4 Å². The number of fused-ring (bicyclic) bond motifs is 1. The van der Waals surface area contributed by atoms with E-state index in [2.05, 4.69) is 25.6 Å². The quantitative estimate of drug-likeness (QED) is 0.249. The van der Waals surface area contributed by atoms with Crippen molar-refractivity contribution in [1.82, 2.24) is 24.8 Å². The molecule has 4 rings (SSSR count). The van der Waals surface area contributed by atoms with Gasteiger partial charge in [-0.1, -0.05) is 11.6 Å². The van der Waals surface area contributed by atoms with Gasteiger partial charge in [0.05, 0.1) is 28.1 Å². The molecule has 1 amide bonds. The van der Waals surface area contributed by atoms with Crippen molar-refractivity contribution in [3.05, 3.63) is 53.2 Å². The molecule has 0 aliphatic rings. The summed E-state index contributed by atoms with van der Waals surface area (Å²) in [7, 11) is 1.42. The van der Waals surface area contributed by atoms with E-state index in [9.17, 15) is 15.0 Å². The van der Waals surface area contributed by atoms with E-state index < -0.39 is 17.5 Å². The molecule has 0 saturated carbocycles. The van der Waals surface area contributed by atoms with Gasteiger partial charge in [-0.15, -0.1) is 0 Å². The first-order chi connectivity index (χ1) is 17.4. The molecule has 0 saturated heterocycles. The van der Waals surface area contributed by atoms with Crippen molar-refractivity contribution < 1.29 is 24.1 Å². The number of halogens is 2. The maximum atomic E-state index is 15.2. The molecule has 0 aliphatic heterocycles. The number of carbonyl (C=O) groups is 1. The average Bonchev–Trinajstić information content (AvgIpc) is 3.23. The lowest BCUT2D eigenvalue weighted by Crippen LogP contribution is -2.23. The highest BCUT2D eigenvalue weighted by Crippen LogP contribution is 2.36. The molecule has 2 aromatic carbocycles. The zero-order valence-electron chi connectivity index (χ0n) is 20.8. The Hall–Kier alpha value is -3.96. The lowest BCUT2D eigenvalue weighted by molar-refractivity contribution is 0.0641. The van der Waals surface area contributed by atoms with Gasteiger partial charge >= 0.3 is 6.09 Å². The van der Waals surface area contributed by atoms with E-state index in [0.717, 1.165) is 0 Å². The molecule has 2 heterocycles. The van der Waals surface area contributed by atoms with Crippen LogP contribution in [0.2, 0.25) is 5.02 Å². The predicted molar refractivity (Wildman–Crippen MR) is 138 cm³/mol. The number of amides is 1.